The van der Waals surface area contributed by atoms with E-state index in [-0.39, 0.29) is 0 Å². The van der Waals surface area contributed by atoms with Gasteiger partial charge in [-0.2, -0.15) is 26.3 Å². The molecule has 0 spiro atoms. The average molecular weight is 573 g/mol. The van der Waals surface area contributed by atoms with Crippen molar-refractivity contribution in [3.05, 3.63) is 41.9 Å². The number of imidazole rings is 1. The number of rotatable bonds is 6. The molecule has 0 aromatic carbocycles. The first kappa shape index (κ1) is 32.1. The van der Waals surface area contributed by atoms with Gasteiger partial charge in [-0.3, -0.25) is 4.90 Å². The van der Waals surface area contributed by atoms with Crippen LogP contribution in [0.15, 0.2) is 29.0 Å². The highest BCUT2D eigenvalue weighted by Gasteiger charge is 2.38. The van der Waals surface area contributed by atoms with Crippen LogP contribution in [0.25, 0.3) is 0 Å². The van der Waals surface area contributed by atoms with Crippen molar-refractivity contribution in [2.24, 2.45) is 5.92 Å². The number of fused-ring (bicyclic) bond motifs is 1. The molecule has 0 bridgehead atoms. The van der Waals surface area contributed by atoms with Crippen LogP contribution < -0.4 is 0 Å². The Labute approximate surface area is 219 Å². The second-order valence-electron chi connectivity index (χ2n) is 8.96. The number of alkyl halides is 6. The third-order valence-corrected chi connectivity index (χ3v) is 5.78. The minimum atomic E-state index is -5.08. The van der Waals surface area contributed by atoms with E-state index in [1.165, 1.54) is 24.5 Å². The number of ether oxygens (including phenoxy) is 1. The van der Waals surface area contributed by atoms with Crippen molar-refractivity contribution in [1.82, 2.24) is 19.4 Å². The molecule has 0 saturated carbocycles. The maximum atomic E-state index is 10.6. The van der Waals surface area contributed by atoms with Gasteiger partial charge in [-0.15, -0.1) is 0 Å². The topological polar surface area (TPSA) is 121 Å². The number of carbonyl (C=O) groups is 2. The number of carboxylic acid groups (broad SMARTS) is 2. The van der Waals surface area contributed by atoms with Gasteiger partial charge in [0, 0.05) is 51.9 Å². The molecule has 1 saturated heterocycles. The second-order valence-corrected chi connectivity index (χ2v) is 8.96. The lowest BCUT2D eigenvalue weighted by molar-refractivity contribution is -0.193. The smallest absolute Gasteiger partial charge is 0.475 e. The lowest BCUT2D eigenvalue weighted by Gasteiger charge is -2.23. The van der Waals surface area contributed by atoms with Crippen molar-refractivity contribution in [1.29, 1.82) is 0 Å². The van der Waals surface area contributed by atoms with Gasteiger partial charge < -0.3 is 28.8 Å². The van der Waals surface area contributed by atoms with E-state index >= 15 is 0 Å². The van der Waals surface area contributed by atoms with Gasteiger partial charge >= 0.3 is 24.3 Å². The molecule has 1 atom stereocenters. The Hall–Kier alpha value is -3.11. The summed E-state index contributed by atoms with van der Waals surface area (Å²) in [6.07, 6.45) is -4.13. The summed E-state index contributed by atoms with van der Waals surface area (Å²) in [6.45, 7) is 8.00. The fraction of sp³-hybridized carbons (Fsp3) is 0.609. The highest BCUT2D eigenvalue weighted by atomic mass is 19.4. The molecule has 39 heavy (non-hydrogen) atoms. The molecule has 4 rings (SSSR count). The largest absolute Gasteiger partial charge is 0.490 e. The van der Waals surface area contributed by atoms with Crippen molar-refractivity contribution in [2.75, 3.05) is 39.9 Å². The van der Waals surface area contributed by atoms with Gasteiger partial charge in [-0.25, -0.2) is 14.6 Å². The number of furan rings is 1. The summed E-state index contributed by atoms with van der Waals surface area (Å²) in [7, 11) is 2.13. The number of aromatic nitrogens is 2. The zero-order valence-electron chi connectivity index (χ0n) is 21.0. The van der Waals surface area contributed by atoms with E-state index in [4.69, 9.17) is 33.9 Å². The van der Waals surface area contributed by atoms with Gasteiger partial charge in [0.15, 0.2) is 0 Å². The number of aliphatic carboxylic acids is 2. The van der Waals surface area contributed by atoms with Crippen molar-refractivity contribution >= 4 is 11.9 Å². The van der Waals surface area contributed by atoms with Gasteiger partial charge in [0.25, 0.3) is 0 Å². The fourth-order valence-electron chi connectivity index (χ4n) is 3.94. The van der Waals surface area contributed by atoms with E-state index in [9.17, 15) is 26.3 Å². The molecule has 1 fully saturated rings. The third kappa shape index (κ3) is 11.3. The summed E-state index contributed by atoms with van der Waals surface area (Å²) in [5, 5.41) is 14.2. The molecule has 0 amide bonds. The van der Waals surface area contributed by atoms with E-state index in [1.807, 2.05) is 12.1 Å². The first-order valence-corrected chi connectivity index (χ1v) is 11.8. The van der Waals surface area contributed by atoms with Crippen molar-refractivity contribution in [3.63, 3.8) is 0 Å². The normalized spacial score (nSPS) is 17.9. The number of halogens is 6. The van der Waals surface area contributed by atoms with E-state index in [0.29, 0.717) is 5.92 Å². The van der Waals surface area contributed by atoms with Crippen molar-refractivity contribution < 1.29 is 55.3 Å². The van der Waals surface area contributed by atoms with E-state index < -0.39 is 24.3 Å². The zero-order chi connectivity index (χ0) is 29.2. The summed E-state index contributed by atoms with van der Waals surface area (Å²) >= 11 is 0. The molecule has 16 heteroatoms. The molecule has 2 aliphatic rings. The molecule has 0 radical (unpaired) electrons. The first-order valence-electron chi connectivity index (χ1n) is 11.8. The first-order chi connectivity index (χ1) is 18.2. The van der Waals surface area contributed by atoms with Crippen LogP contribution in [0.2, 0.25) is 0 Å². The minimum Gasteiger partial charge on any atom is -0.475 e. The Kier molecular flexibility index (Phi) is 11.8. The van der Waals surface area contributed by atoms with Gasteiger partial charge in [-0.05, 0) is 31.5 Å². The van der Waals surface area contributed by atoms with Crippen LogP contribution in [0.1, 0.15) is 23.7 Å². The van der Waals surface area contributed by atoms with Crippen LogP contribution in [0, 0.1) is 5.92 Å². The Morgan fingerprint density at radius 2 is 1.72 bits per heavy atom. The number of hydrogen-bond donors (Lipinski definition) is 2. The molecule has 0 aliphatic carbocycles. The average Bonchev–Trinajstić information content (AvgIpc) is 3.57. The third-order valence-electron chi connectivity index (χ3n) is 5.78. The summed E-state index contributed by atoms with van der Waals surface area (Å²) in [6, 6.07) is 3.97. The highest BCUT2D eigenvalue weighted by Crippen LogP contribution is 2.18. The van der Waals surface area contributed by atoms with Crippen LogP contribution in [0.4, 0.5) is 26.3 Å². The molecule has 1 unspecified atom stereocenters. The SMILES string of the molecule is CN(Cc1ccco1)Cc1cnc2n1CCN(CC1CCOC1)CC2.O=C(O)C(F)(F)F.O=C(O)C(F)(F)F. The lowest BCUT2D eigenvalue weighted by Crippen LogP contribution is -2.32. The summed E-state index contributed by atoms with van der Waals surface area (Å²) < 4.78 is 76.9. The molecular formula is C23H30F6N4O6. The Morgan fingerprint density at radius 1 is 1.08 bits per heavy atom. The predicted octanol–water partition coefficient (Wildman–Crippen LogP) is 3.27. The van der Waals surface area contributed by atoms with Gasteiger partial charge in [-0.1, -0.05) is 0 Å². The van der Waals surface area contributed by atoms with Crippen molar-refractivity contribution in [2.45, 2.75) is 44.8 Å². The fourth-order valence-corrected chi connectivity index (χ4v) is 3.94. The molecule has 220 valence electrons. The summed E-state index contributed by atoms with van der Waals surface area (Å²) in [5.74, 6) is -2.57. The second kappa shape index (κ2) is 14.3. The van der Waals surface area contributed by atoms with Crippen LogP contribution in [0.5, 0.6) is 0 Å². The molecule has 2 N–H and O–H groups in total. The number of nitrogens with zero attached hydrogens (tertiary/aromatic N) is 4. The summed E-state index contributed by atoms with van der Waals surface area (Å²) in [4.78, 5) is 27.4. The van der Waals surface area contributed by atoms with E-state index in [2.05, 4.69) is 27.6 Å². The lowest BCUT2D eigenvalue weighted by atomic mass is 10.1. The highest BCUT2D eigenvalue weighted by molar-refractivity contribution is 5.73. The molecular weight excluding hydrogens is 542 g/mol. The van der Waals surface area contributed by atoms with Crippen LogP contribution >= 0.6 is 0 Å². The predicted molar refractivity (Wildman–Crippen MR) is 123 cm³/mol. The van der Waals surface area contributed by atoms with E-state index in [1.54, 1.807) is 6.26 Å². The molecule has 4 heterocycles. The van der Waals surface area contributed by atoms with Crippen LogP contribution in [-0.2, 0) is 40.4 Å². The Balaban J connectivity index is 0.000000317. The molecule has 2 aliphatic heterocycles. The monoisotopic (exact) mass is 572 g/mol. The van der Waals surface area contributed by atoms with Gasteiger partial charge in [0.1, 0.15) is 11.6 Å². The Morgan fingerprint density at radius 3 is 2.23 bits per heavy atom. The minimum absolute atomic E-state index is 0.712. The van der Waals surface area contributed by atoms with Gasteiger partial charge in [0.2, 0.25) is 0 Å². The maximum Gasteiger partial charge on any atom is 0.490 e. The molecule has 2 aromatic rings. The standard InChI is InChI=1S/C19H28N4O2.2C2HF3O2/c1-21(14-18-3-2-9-25-18)13-17-11-20-19-4-6-22(7-8-23(17)19)12-16-5-10-24-15-16;2*3-2(4,5)1(6)7/h2-3,9,11,16H,4-8,10,12-15H2,1H3;2*(H,6,7). The van der Waals surface area contributed by atoms with Crippen LogP contribution in [0.3, 0.4) is 0 Å². The number of carboxylic acids is 2. The number of hydrogen-bond acceptors (Lipinski definition) is 7. The molecule has 10 nitrogen and oxygen atoms in total. The van der Waals surface area contributed by atoms with Crippen LogP contribution in [-0.4, -0.2) is 93.8 Å². The maximum absolute atomic E-state index is 10.6. The summed E-state index contributed by atoms with van der Waals surface area (Å²) in [5.41, 5.74) is 1.30. The van der Waals surface area contributed by atoms with E-state index in [0.717, 1.165) is 58.1 Å². The van der Waals surface area contributed by atoms with Gasteiger partial charge in [0.05, 0.1) is 25.1 Å². The quantitative estimate of drug-likeness (QED) is 0.503. The Bertz CT molecular complexity index is 1010. The van der Waals surface area contributed by atoms with Crippen molar-refractivity contribution in [3.8, 4) is 0 Å². The molecule has 2 aromatic heterocycles. The zero-order valence-corrected chi connectivity index (χ0v) is 21.0.